The van der Waals surface area contributed by atoms with Crippen molar-refractivity contribution in [3.8, 4) is 0 Å². The van der Waals surface area contributed by atoms with Gasteiger partial charge in [0.25, 0.3) is 0 Å². The van der Waals surface area contributed by atoms with Gasteiger partial charge in [-0.05, 0) is 5.92 Å². The second kappa shape index (κ2) is 6.00. The van der Waals surface area contributed by atoms with Crippen molar-refractivity contribution in [2.24, 2.45) is 5.92 Å². The maximum atomic E-state index is 11.7. The highest BCUT2D eigenvalue weighted by molar-refractivity contribution is 5.89. The molecule has 5 heteroatoms. The van der Waals surface area contributed by atoms with E-state index in [1.807, 2.05) is 13.0 Å². The number of nitrogens with one attached hydrogen (secondary N) is 2. The molecule has 2 N–H and O–H groups in total. The lowest BCUT2D eigenvalue weighted by molar-refractivity contribution is -0.117. The van der Waals surface area contributed by atoms with E-state index in [2.05, 4.69) is 36.3 Å². The van der Waals surface area contributed by atoms with E-state index in [0.717, 1.165) is 5.69 Å². The first-order valence-corrected chi connectivity index (χ1v) is 6.17. The fourth-order valence-electron chi connectivity index (χ4n) is 1.62. The lowest BCUT2D eigenvalue weighted by Gasteiger charge is -2.14. The van der Waals surface area contributed by atoms with Crippen molar-refractivity contribution in [2.75, 3.05) is 19.0 Å². The molecule has 1 amide bonds. The lowest BCUT2D eigenvalue weighted by Crippen LogP contribution is -2.17. The summed E-state index contributed by atoms with van der Waals surface area (Å²) >= 11 is 0. The number of aromatic nitrogens is 2. The number of rotatable bonds is 5. The number of amides is 1. The summed E-state index contributed by atoms with van der Waals surface area (Å²) in [4.78, 5) is 11.7. The third-order valence-corrected chi connectivity index (χ3v) is 2.64. The highest BCUT2D eigenvalue weighted by Crippen LogP contribution is 2.22. The number of nitrogens with zero attached hydrogens (tertiary/aromatic N) is 1. The van der Waals surface area contributed by atoms with Crippen LogP contribution in [-0.4, -0.2) is 29.8 Å². The molecule has 102 valence electrons. The Kier molecular flexibility index (Phi) is 4.90. The molecule has 18 heavy (non-hydrogen) atoms. The van der Waals surface area contributed by atoms with Crippen LogP contribution in [0, 0.1) is 5.92 Å². The number of H-pyrrole nitrogens is 1. The third kappa shape index (κ3) is 4.49. The van der Waals surface area contributed by atoms with Crippen LogP contribution in [-0.2, 0) is 14.9 Å². The molecule has 1 aromatic rings. The van der Waals surface area contributed by atoms with Gasteiger partial charge in [-0.15, -0.1) is 0 Å². The minimum absolute atomic E-state index is 0.000675. The highest BCUT2D eigenvalue weighted by Gasteiger charge is 2.17. The van der Waals surface area contributed by atoms with Crippen LogP contribution in [0.5, 0.6) is 0 Å². The molecule has 1 unspecified atom stereocenters. The first-order chi connectivity index (χ1) is 8.32. The third-order valence-electron chi connectivity index (χ3n) is 2.64. The SMILES string of the molecule is COCC(C)CC(=O)Nc1cc(C(C)(C)C)[nH]n1. The summed E-state index contributed by atoms with van der Waals surface area (Å²) in [6, 6.07) is 1.87. The van der Waals surface area contributed by atoms with Crippen molar-refractivity contribution in [3.63, 3.8) is 0 Å². The average Bonchev–Trinajstić information content (AvgIpc) is 2.65. The summed E-state index contributed by atoms with van der Waals surface area (Å²) in [5.74, 6) is 0.747. The smallest absolute Gasteiger partial charge is 0.225 e. The molecule has 1 aromatic heterocycles. The summed E-state index contributed by atoms with van der Waals surface area (Å²) in [5.41, 5.74) is 1.00. The Morgan fingerprint density at radius 3 is 2.72 bits per heavy atom. The van der Waals surface area contributed by atoms with Crippen LogP contribution >= 0.6 is 0 Å². The number of carbonyl (C=O) groups excluding carboxylic acids is 1. The van der Waals surface area contributed by atoms with Crippen molar-refractivity contribution < 1.29 is 9.53 Å². The van der Waals surface area contributed by atoms with Crippen molar-refractivity contribution >= 4 is 11.7 Å². The Labute approximate surface area is 108 Å². The van der Waals surface area contributed by atoms with Gasteiger partial charge in [0.2, 0.25) is 5.91 Å². The van der Waals surface area contributed by atoms with Gasteiger partial charge in [0.15, 0.2) is 5.82 Å². The van der Waals surface area contributed by atoms with Crippen LogP contribution in [0.1, 0.15) is 39.8 Å². The van der Waals surface area contributed by atoms with Gasteiger partial charge in [-0.3, -0.25) is 9.89 Å². The summed E-state index contributed by atoms with van der Waals surface area (Å²) in [6.07, 6.45) is 0.436. The Morgan fingerprint density at radius 1 is 1.56 bits per heavy atom. The Morgan fingerprint density at radius 2 is 2.22 bits per heavy atom. The van der Waals surface area contributed by atoms with Gasteiger partial charge in [0.1, 0.15) is 0 Å². The topological polar surface area (TPSA) is 67.0 Å². The molecule has 0 saturated heterocycles. The van der Waals surface area contributed by atoms with Gasteiger partial charge in [-0.25, -0.2) is 0 Å². The molecule has 5 nitrogen and oxygen atoms in total. The number of hydrogen-bond donors (Lipinski definition) is 2. The normalized spacial score (nSPS) is 13.4. The van der Waals surface area contributed by atoms with Crippen LogP contribution in [0.3, 0.4) is 0 Å². The number of carbonyl (C=O) groups is 1. The molecular formula is C13H23N3O2. The zero-order valence-corrected chi connectivity index (χ0v) is 11.8. The quantitative estimate of drug-likeness (QED) is 0.846. The van der Waals surface area contributed by atoms with E-state index >= 15 is 0 Å². The molecule has 0 bridgehead atoms. The van der Waals surface area contributed by atoms with E-state index < -0.39 is 0 Å². The van der Waals surface area contributed by atoms with Crippen molar-refractivity contribution in [3.05, 3.63) is 11.8 Å². The van der Waals surface area contributed by atoms with E-state index in [-0.39, 0.29) is 17.2 Å². The molecule has 0 spiro atoms. The number of methoxy groups -OCH3 is 1. The summed E-state index contributed by atoms with van der Waals surface area (Å²) in [5, 5.41) is 9.81. The predicted octanol–water partition coefficient (Wildman–Crippen LogP) is 2.32. The minimum Gasteiger partial charge on any atom is -0.384 e. The zero-order valence-electron chi connectivity index (χ0n) is 11.8. The highest BCUT2D eigenvalue weighted by atomic mass is 16.5. The van der Waals surface area contributed by atoms with Gasteiger partial charge in [0.05, 0.1) is 0 Å². The first kappa shape index (κ1) is 14.7. The second-order valence-electron chi connectivity index (χ2n) is 5.73. The largest absolute Gasteiger partial charge is 0.384 e. The Hall–Kier alpha value is -1.36. The van der Waals surface area contributed by atoms with E-state index in [9.17, 15) is 4.79 Å². The van der Waals surface area contributed by atoms with Gasteiger partial charge in [-0.1, -0.05) is 27.7 Å². The van der Waals surface area contributed by atoms with Crippen molar-refractivity contribution in [1.82, 2.24) is 10.2 Å². The van der Waals surface area contributed by atoms with E-state index in [4.69, 9.17) is 4.74 Å². The molecule has 1 rings (SSSR count). The van der Waals surface area contributed by atoms with Crippen LogP contribution in [0.15, 0.2) is 6.07 Å². The summed E-state index contributed by atoms with van der Waals surface area (Å²) in [7, 11) is 1.64. The fraction of sp³-hybridized carbons (Fsp3) is 0.692. The minimum atomic E-state index is -0.0356. The van der Waals surface area contributed by atoms with Crippen molar-refractivity contribution in [1.29, 1.82) is 0 Å². The van der Waals surface area contributed by atoms with Gasteiger partial charge in [0, 0.05) is 37.3 Å². The van der Waals surface area contributed by atoms with Gasteiger partial charge in [-0.2, -0.15) is 5.10 Å². The summed E-state index contributed by atoms with van der Waals surface area (Å²) < 4.78 is 5.00. The number of hydrogen-bond acceptors (Lipinski definition) is 3. The average molecular weight is 253 g/mol. The molecule has 0 aliphatic rings. The zero-order chi connectivity index (χ0) is 13.8. The molecule has 1 heterocycles. The van der Waals surface area contributed by atoms with E-state index in [0.29, 0.717) is 18.8 Å². The molecule has 0 aromatic carbocycles. The lowest BCUT2D eigenvalue weighted by atomic mass is 9.92. The standard InChI is InChI=1S/C13H23N3O2/c1-9(8-18-5)6-12(17)14-11-7-10(15-16-11)13(2,3)4/h7,9H,6,8H2,1-5H3,(H2,14,15,16,17). The molecule has 0 aliphatic carbocycles. The van der Waals surface area contributed by atoms with E-state index in [1.165, 1.54) is 0 Å². The van der Waals surface area contributed by atoms with Crippen LogP contribution in [0.2, 0.25) is 0 Å². The molecular weight excluding hydrogens is 230 g/mol. The van der Waals surface area contributed by atoms with E-state index in [1.54, 1.807) is 7.11 Å². The van der Waals surface area contributed by atoms with Crippen LogP contribution in [0.25, 0.3) is 0 Å². The van der Waals surface area contributed by atoms with Crippen LogP contribution < -0.4 is 5.32 Å². The maximum Gasteiger partial charge on any atom is 0.225 e. The number of anilines is 1. The first-order valence-electron chi connectivity index (χ1n) is 6.17. The molecule has 1 atom stereocenters. The van der Waals surface area contributed by atoms with Gasteiger partial charge >= 0.3 is 0 Å². The number of ether oxygens (including phenoxy) is 1. The molecule has 0 saturated carbocycles. The van der Waals surface area contributed by atoms with Crippen LogP contribution in [0.4, 0.5) is 5.82 Å². The molecule has 0 fully saturated rings. The fourth-order valence-corrected chi connectivity index (χ4v) is 1.62. The predicted molar refractivity (Wildman–Crippen MR) is 71.6 cm³/mol. The Bertz CT molecular complexity index is 393. The maximum absolute atomic E-state index is 11.7. The monoisotopic (exact) mass is 253 g/mol. The molecule has 0 aliphatic heterocycles. The van der Waals surface area contributed by atoms with Gasteiger partial charge < -0.3 is 10.1 Å². The van der Waals surface area contributed by atoms with Crippen molar-refractivity contribution in [2.45, 2.75) is 39.5 Å². The Balaban J connectivity index is 2.52. The second-order valence-corrected chi connectivity index (χ2v) is 5.73. The summed E-state index contributed by atoms with van der Waals surface area (Å²) in [6.45, 7) is 8.84. The number of aromatic amines is 1. The molecule has 0 radical (unpaired) electrons.